The first-order valence-corrected chi connectivity index (χ1v) is 44.7. The predicted octanol–water partition coefficient (Wildman–Crippen LogP) is 16.0. The molecule has 2 aliphatic heterocycles. The van der Waals surface area contributed by atoms with Crippen LogP contribution in [0.3, 0.4) is 0 Å². The Morgan fingerprint density at radius 2 is 1.00 bits per heavy atom. The van der Waals surface area contributed by atoms with Crippen LogP contribution >= 0.6 is 0 Å². The van der Waals surface area contributed by atoms with E-state index < -0.39 is 24.4 Å². The summed E-state index contributed by atoms with van der Waals surface area (Å²) in [7, 11) is 3.19. The maximum atomic E-state index is 13.0. The van der Waals surface area contributed by atoms with Crippen LogP contribution < -0.4 is 39.7 Å². The van der Waals surface area contributed by atoms with Gasteiger partial charge in [-0.25, -0.2) is 9.18 Å². The standard InChI is InChI=1S/C14H20O2.C13H22N2O3.4C13H20O2.C12H17FO2.C8H16O4/c1-2-3-5-11-6-4-7-12-8-9-13(10-15)16-14(11)12;1-4-5-7-10-11(8-6-9-16)14(2)13(18)15(3)12(10)17;1-3-11(2)10-12-6-4-5-7-13(12)15-9-8-14;1-3-6-11(2)12-7-4-5-8-13(12)15-10-9-14;1-3-4-7-12-8-5-6-9-13(12)15-10-11(2)14;1-3-4-5-12-10-11(2)6-7-13(12)15-9-8-14;1-2-3-4-10-5-6-11(13)9-12(10)15-8-7-14;1-2-5-7(10)8(11)6(12-5)3-4-9/h4,6-7,13,15H,2-3,5,8-10H2,1H3;16H,4-9H2,1-3H3;4-7,11,14H,3,8-10H2,1-2H3;4-5,7-8,11,14H,3,6,9-10H2,1-2H3;5-6,8-9,11,14H,3-4,7,10H2,1-2H3;6-7,10,14H,3-5,8-9H2,1-2H3;5-6,9,14H,2-4,7-8H2,1H3;5-11H,2-4H2,1H3/t;;;;;;;5-,6+,7-,8+/m.......1/s1. The molecular weight excluding hydrogens is 1540 g/mol. The van der Waals surface area contributed by atoms with Gasteiger partial charge in [0.1, 0.15) is 91.7 Å². The molecule has 682 valence electrons. The van der Waals surface area contributed by atoms with Crippen molar-refractivity contribution in [1.29, 1.82) is 0 Å². The first kappa shape index (κ1) is 109. The van der Waals surface area contributed by atoms with Gasteiger partial charge in [-0.05, 0) is 211 Å². The van der Waals surface area contributed by atoms with Crippen molar-refractivity contribution in [2.75, 3.05) is 79.3 Å². The van der Waals surface area contributed by atoms with Crippen LogP contribution in [0, 0.1) is 18.7 Å². The zero-order valence-electron chi connectivity index (χ0n) is 75.8. The number of hydrogen-bond acceptors (Lipinski definition) is 19. The Morgan fingerprint density at radius 3 is 1.54 bits per heavy atom. The van der Waals surface area contributed by atoms with Gasteiger partial charge >= 0.3 is 5.69 Å². The number of aliphatic hydroxyl groups excluding tert-OH is 10. The molecule has 7 aromatic rings. The number of rotatable bonds is 43. The minimum absolute atomic E-state index is 0.00437. The van der Waals surface area contributed by atoms with Gasteiger partial charge < -0.3 is 88.8 Å². The van der Waals surface area contributed by atoms with E-state index in [1.807, 2.05) is 73.7 Å². The Kier molecular flexibility index (Phi) is 60.4. The maximum absolute atomic E-state index is 13.0. The summed E-state index contributed by atoms with van der Waals surface area (Å²) < 4.78 is 54.1. The first-order chi connectivity index (χ1) is 58.4. The minimum Gasteiger partial charge on any atom is -0.491 e. The second-order valence-electron chi connectivity index (χ2n) is 30.9. The largest absolute Gasteiger partial charge is 0.491 e. The zero-order valence-corrected chi connectivity index (χ0v) is 75.8. The third-order valence-corrected chi connectivity index (χ3v) is 20.6. The summed E-state index contributed by atoms with van der Waals surface area (Å²) in [5.41, 5.74) is 10.8. The topological polar surface area (TPSA) is 311 Å². The lowest BCUT2D eigenvalue weighted by Crippen LogP contribution is -2.41. The number of fused-ring (bicyclic) bond motifs is 1. The molecule has 4 unspecified atom stereocenters. The molecule has 3 heterocycles. The lowest BCUT2D eigenvalue weighted by Gasteiger charge is -2.26. The molecule has 10 N–H and O–H groups in total. The van der Waals surface area contributed by atoms with Crippen molar-refractivity contribution in [3.05, 3.63) is 210 Å². The number of aryl methyl sites for hydroxylation is 6. The number of halogens is 1. The van der Waals surface area contributed by atoms with Crippen molar-refractivity contribution in [3.8, 4) is 34.5 Å². The van der Waals surface area contributed by atoms with E-state index >= 15 is 0 Å². The average Bonchev–Trinajstić information content (AvgIpc) is 1.46. The molecule has 21 nitrogen and oxygen atoms in total. The van der Waals surface area contributed by atoms with E-state index in [4.69, 9.17) is 74.0 Å². The molecule has 121 heavy (non-hydrogen) atoms. The fourth-order valence-electron chi connectivity index (χ4n) is 13.5. The zero-order chi connectivity index (χ0) is 89.7. The molecule has 6 aromatic carbocycles. The monoisotopic (exact) mass is 1700 g/mol. The van der Waals surface area contributed by atoms with Crippen LogP contribution in [0.25, 0.3) is 0 Å². The summed E-state index contributed by atoms with van der Waals surface area (Å²) in [6.07, 6.45) is 21.9. The number of benzene rings is 6. The van der Waals surface area contributed by atoms with Crippen molar-refractivity contribution in [2.45, 2.75) is 286 Å². The van der Waals surface area contributed by atoms with E-state index in [-0.39, 0.29) is 82.1 Å². The molecule has 9 rings (SSSR count). The average molecular weight is 1700 g/mol. The second-order valence-corrected chi connectivity index (χ2v) is 30.9. The molecule has 0 spiro atoms. The van der Waals surface area contributed by atoms with Gasteiger partial charge in [-0.15, -0.1) is 0 Å². The van der Waals surface area contributed by atoms with E-state index in [0.29, 0.717) is 76.1 Å². The highest BCUT2D eigenvalue weighted by Crippen LogP contribution is 2.34. The summed E-state index contributed by atoms with van der Waals surface area (Å²) in [6, 6.07) is 41.4. The predicted molar refractivity (Wildman–Crippen MR) is 485 cm³/mol. The highest BCUT2D eigenvalue weighted by atomic mass is 19.1. The molecule has 0 saturated carbocycles. The molecule has 1 aromatic heterocycles. The SMILES string of the molecule is CCC(C)Cc1ccccc1OCCO.CCCC(C)c1ccccc1OCCO.CCCCc1c(CCCO)n(C)c(=O)n(C)c1=O.CCCCc1cc(C)ccc1OCCO.CCCCc1ccc(F)cc1OCCO.CCCCc1cccc2c1OC(CO)CC2.CCCCc1ccccc1OCC(C)O.CC[C@H]1O[C@@H](CCO)[C@H](O)[C@@H]1O. The van der Waals surface area contributed by atoms with Gasteiger partial charge in [-0.2, -0.15) is 0 Å². The fraction of sp³-hybridized carbons (Fsp3) is 0.596. The number of para-hydroxylation sites is 4. The Labute approximate surface area is 723 Å². The summed E-state index contributed by atoms with van der Waals surface area (Å²) in [5, 5.41) is 89.5. The minimum atomic E-state index is -0.845. The van der Waals surface area contributed by atoms with E-state index in [9.17, 15) is 24.2 Å². The number of nitrogens with zero attached hydrogens (tertiary/aromatic N) is 2. The maximum Gasteiger partial charge on any atom is 0.330 e. The van der Waals surface area contributed by atoms with Crippen LogP contribution in [0.5, 0.6) is 34.5 Å². The Hall–Kier alpha value is -7.71. The van der Waals surface area contributed by atoms with E-state index in [1.165, 1.54) is 120 Å². The van der Waals surface area contributed by atoms with E-state index in [2.05, 4.69) is 112 Å². The quantitative estimate of drug-likeness (QED) is 0.0170. The third kappa shape index (κ3) is 42.5. The molecule has 0 radical (unpaired) electrons. The summed E-state index contributed by atoms with van der Waals surface area (Å²) in [6.45, 7) is 27.3. The molecule has 0 amide bonds. The number of hydrogen-bond donors (Lipinski definition) is 10. The van der Waals surface area contributed by atoms with Crippen molar-refractivity contribution in [3.63, 3.8) is 0 Å². The molecule has 1 saturated heterocycles. The van der Waals surface area contributed by atoms with Crippen LogP contribution in [-0.2, 0) is 70.2 Å². The van der Waals surface area contributed by atoms with Crippen molar-refractivity contribution >= 4 is 0 Å². The number of unbranched alkanes of at least 4 members (excludes halogenated alkanes) is 5. The van der Waals surface area contributed by atoms with Crippen molar-refractivity contribution in [2.24, 2.45) is 20.0 Å². The number of ether oxygens (including phenoxy) is 7. The molecule has 2 aliphatic rings. The lowest BCUT2D eigenvalue weighted by molar-refractivity contribution is -0.00488. The Balaban J connectivity index is 0.000000469. The van der Waals surface area contributed by atoms with Gasteiger partial charge in [-0.1, -0.05) is 211 Å². The van der Waals surface area contributed by atoms with E-state index in [0.717, 1.165) is 121 Å². The number of aliphatic hydroxyl groups is 10. The van der Waals surface area contributed by atoms with E-state index in [1.54, 1.807) is 20.0 Å². The molecular formula is C99H155FN2O19. The van der Waals surface area contributed by atoms with Crippen LogP contribution in [0.1, 0.15) is 247 Å². The van der Waals surface area contributed by atoms with Crippen molar-refractivity contribution < 1.29 is 88.6 Å². The highest BCUT2D eigenvalue weighted by Gasteiger charge is 2.41. The Morgan fingerprint density at radius 1 is 0.496 bits per heavy atom. The summed E-state index contributed by atoms with van der Waals surface area (Å²) in [5.74, 6) is 6.13. The number of aromatic nitrogens is 2. The molecule has 1 fully saturated rings. The molecule has 8 atom stereocenters. The van der Waals surface area contributed by atoms with Gasteiger partial charge in [0.2, 0.25) is 0 Å². The summed E-state index contributed by atoms with van der Waals surface area (Å²) in [4.78, 5) is 24.0. The third-order valence-electron chi connectivity index (χ3n) is 20.6. The lowest BCUT2D eigenvalue weighted by atomic mass is 9.96. The van der Waals surface area contributed by atoms with Gasteiger partial charge in [0.05, 0.1) is 51.3 Å². The normalized spacial score (nSPS) is 15.5. The second kappa shape index (κ2) is 66.8. The van der Waals surface area contributed by atoms with Crippen molar-refractivity contribution in [1.82, 2.24) is 9.13 Å². The molecule has 0 bridgehead atoms. The fourth-order valence-corrected chi connectivity index (χ4v) is 13.5. The van der Waals surface area contributed by atoms with Crippen LogP contribution in [0.4, 0.5) is 4.39 Å². The first-order valence-electron chi connectivity index (χ1n) is 44.7. The van der Waals surface area contributed by atoms with Gasteiger partial charge in [-0.3, -0.25) is 9.36 Å². The van der Waals surface area contributed by atoms with Crippen LogP contribution in [0.15, 0.2) is 137 Å². The molecule has 22 heteroatoms. The van der Waals surface area contributed by atoms with Crippen LogP contribution in [-0.4, -0.2) is 176 Å². The molecule has 0 aliphatic carbocycles. The summed E-state index contributed by atoms with van der Waals surface area (Å²) >= 11 is 0. The van der Waals surface area contributed by atoms with Crippen LogP contribution in [0.2, 0.25) is 0 Å². The van der Waals surface area contributed by atoms with Gasteiger partial charge in [0.15, 0.2) is 0 Å². The smallest absolute Gasteiger partial charge is 0.330 e. The Bertz CT molecular complexity index is 3860. The van der Waals surface area contributed by atoms with Gasteiger partial charge in [0.25, 0.3) is 5.56 Å². The highest BCUT2D eigenvalue weighted by molar-refractivity contribution is 5.44. The van der Waals surface area contributed by atoms with Gasteiger partial charge in [0, 0.05) is 44.6 Å².